The molecule has 0 aromatic heterocycles. The van der Waals surface area contributed by atoms with Crippen LogP contribution in [-0.2, 0) is 45.6 Å². The van der Waals surface area contributed by atoms with E-state index in [1.807, 2.05) is 13.8 Å². The molecule has 15 heavy (non-hydrogen) atoms. The van der Waals surface area contributed by atoms with Gasteiger partial charge in [-0.15, -0.1) is 0 Å². The van der Waals surface area contributed by atoms with Crippen molar-refractivity contribution in [1.82, 2.24) is 0 Å². The molecule has 0 aliphatic heterocycles. The molecule has 0 aromatic carbocycles. The number of Topliss-reactive ketones (excluding diaryl/α,β-unsaturated/α-hetero) is 1. The standard InChI is InChI=1S/C10H18O4.Zr/c1-4-6-9(11)7-10(12)14-13-8(3)5-2;/h8H,4-7H2,1-3H3;. The Kier molecular flexibility index (Phi) is 12.2. The maximum absolute atomic E-state index is 11.0. The second-order valence-corrected chi connectivity index (χ2v) is 3.24. The smallest absolute Gasteiger partial charge is 0.299 e. The summed E-state index contributed by atoms with van der Waals surface area (Å²) in [4.78, 5) is 31.2. The predicted octanol–water partition coefficient (Wildman–Crippen LogP) is 2.02. The number of carbonyl (C=O) groups excluding carboxylic acids is 2. The van der Waals surface area contributed by atoms with Gasteiger partial charge in [-0.25, -0.2) is 4.79 Å². The van der Waals surface area contributed by atoms with Crippen molar-refractivity contribution in [3.63, 3.8) is 0 Å². The van der Waals surface area contributed by atoms with Crippen molar-refractivity contribution < 1.29 is 45.6 Å². The van der Waals surface area contributed by atoms with E-state index in [0.29, 0.717) is 6.42 Å². The maximum atomic E-state index is 11.0. The van der Waals surface area contributed by atoms with E-state index in [2.05, 4.69) is 4.89 Å². The zero-order chi connectivity index (χ0) is 11.0. The van der Waals surface area contributed by atoms with Crippen LogP contribution in [0, 0.1) is 0 Å². The molecule has 0 heterocycles. The predicted molar refractivity (Wildman–Crippen MR) is 51.5 cm³/mol. The molecular formula is C10H18O4Zr. The summed E-state index contributed by atoms with van der Waals surface area (Å²) < 4.78 is 0. The summed E-state index contributed by atoms with van der Waals surface area (Å²) in [6, 6.07) is 0. The van der Waals surface area contributed by atoms with Crippen LogP contribution in [0.1, 0.15) is 46.5 Å². The van der Waals surface area contributed by atoms with Gasteiger partial charge in [0, 0.05) is 32.6 Å². The van der Waals surface area contributed by atoms with Gasteiger partial charge in [0.2, 0.25) is 0 Å². The Labute approximate surface area is 110 Å². The van der Waals surface area contributed by atoms with Crippen LogP contribution in [0.3, 0.4) is 0 Å². The van der Waals surface area contributed by atoms with E-state index in [4.69, 9.17) is 4.89 Å². The number of ketones is 1. The van der Waals surface area contributed by atoms with E-state index < -0.39 is 5.97 Å². The topological polar surface area (TPSA) is 52.6 Å². The van der Waals surface area contributed by atoms with Crippen molar-refractivity contribution in [2.45, 2.75) is 52.6 Å². The molecule has 0 amide bonds. The first-order valence-corrected chi connectivity index (χ1v) is 4.98. The Morgan fingerprint density at radius 3 is 2.33 bits per heavy atom. The second-order valence-electron chi connectivity index (χ2n) is 3.24. The Morgan fingerprint density at radius 1 is 1.27 bits per heavy atom. The summed E-state index contributed by atoms with van der Waals surface area (Å²) in [5.74, 6) is -0.714. The molecule has 5 heteroatoms. The van der Waals surface area contributed by atoms with E-state index in [1.165, 1.54) is 0 Å². The molecule has 0 rings (SSSR count). The van der Waals surface area contributed by atoms with Crippen molar-refractivity contribution >= 4 is 11.8 Å². The van der Waals surface area contributed by atoms with Crippen LogP contribution >= 0.6 is 0 Å². The van der Waals surface area contributed by atoms with Crippen molar-refractivity contribution in [3.8, 4) is 0 Å². The van der Waals surface area contributed by atoms with E-state index in [-0.39, 0.29) is 44.5 Å². The maximum Gasteiger partial charge on any atom is 0.349 e. The van der Waals surface area contributed by atoms with Gasteiger partial charge in [-0.1, -0.05) is 13.8 Å². The molecule has 0 aliphatic rings. The monoisotopic (exact) mass is 292 g/mol. The molecule has 0 aromatic rings. The Bertz CT molecular complexity index is 194. The molecule has 0 spiro atoms. The third-order valence-electron chi connectivity index (χ3n) is 1.75. The first kappa shape index (κ1) is 17.4. The Morgan fingerprint density at radius 2 is 1.87 bits per heavy atom. The normalized spacial score (nSPS) is 11.4. The molecule has 0 fully saturated rings. The van der Waals surface area contributed by atoms with Gasteiger partial charge in [0.25, 0.3) is 0 Å². The van der Waals surface area contributed by atoms with Crippen LogP contribution in [0.2, 0.25) is 0 Å². The Balaban J connectivity index is 0. The van der Waals surface area contributed by atoms with Gasteiger partial charge in [-0.05, 0) is 19.8 Å². The molecule has 0 bridgehead atoms. The summed E-state index contributed by atoms with van der Waals surface area (Å²) in [5.41, 5.74) is 0. The fourth-order valence-electron chi connectivity index (χ4n) is 0.762. The van der Waals surface area contributed by atoms with Crippen molar-refractivity contribution in [2.24, 2.45) is 0 Å². The molecule has 4 nitrogen and oxygen atoms in total. The third-order valence-corrected chi connectivity index (χ3v) is 1.75. The van der Waals surface area contributed by atoms with Crippen LogP contribution < -0.4 is 0 Å². The van der Waals surface area contributed by atoms with Crippen molar-refractivity contribution in [3.05, 3.63) is 0 Å². The SMILES string of the molecule is CCCC(=O)CC(=O)OOC(C)CC.[Zr]. The number of hydrogen-bond acceptors (Lipinski definition) is 4. The van der Waals surface area contributed by atoms with E-state index in [1.54, 1.807) is 6.92 Å². The van der Waals surface area contributed by atoms with Gasteiger partial charge in [-0.2, -0.15) is 4.89 Å². The first-order valence-electron chi connectivity index (χ1n) is 4.98. The number of carbonyl (C=O) groups is 2. The van der Waals surface area contributed by atoms with Gasteiger partial charge >= 0.3 is 5.97 Å². The molecule has 0 radical (unpaired) electrons. The largest absolute Gasteiger partial charge is 0.349 e. The average Bonchev–Trinajstić information content (AvgIpc) is 2.14. The Hall–Kier alpha value is -0.0169. The first-order chi connectivity index (χ1) is 6.60. The van der Waals surface area contributed by atoms with Crippen LogP contribution in [-0.4, -0.2) is 17.9 Å². The zero-order valence-electron chi connectivity index (χ0n) is 9.54. The molecule has 0 saturated carbocycles. The average molecular weight is 293 g/mol. The fourth-order valence-corrected chi connectivity index (χ4v) is 0.762. The number of rotatable bonds is 7. The van der Waals surface area contributed by atoms with Gasteiger partial charge < -0.3 is 0 Å². The van der Waals surface area contributed by atoms with Gasteiger partial charge in [0.1, 0.15) is 18.3 Å². The molecular weight excluding hydrogens is 275 g/mol. The van der Waals surface area contributed by atoms with E-state index >= 15 is 0 Å². The minimum atomic E-state index is -0.608. The minimum Gasteiger partial charge on any atom is -0.299 e. The van der Waals surface area contributed by atoms with Gasteiger partial charge in [0.05, 0.1) is 0 Å². The van der Waals surface area contributed by atoms with Crippen LogP contribution in [0.15, 0.2) is 0 Å². The molecule has 0 N–H and O–H groups in total. The molecule has 0 saturated heterocycles. The second kappa shape index (κ2) is 10.5. The van der Waals surface area contributed by atoms with Gasteiger partial charge in [0.15, 0.2) is 0 Å². The summed E-state index contributed by atoms with van der Waals surface area (Å²) in [5, 5.41) is 0. The number of hydrogen-bond donors (Lipinski definition) is 0. The molecule has 1 unspecified atom stereocenters. The molecule has 86 valence electrons. The zero-order valence-corrected chi connectivity index (χ0v) is 12.0. The van der Waals surface area contributed by atoms with Crippen LogP contribution in [0.25, 0.3) is 0 Å². The van der Waals surface area contributed by atoms with Crippen LogP contribution in [0.5, 0.6) is 0 Å². The summed E-state index contributed by atoms with van der Waals surface area (Å²) in [6.07, 6.45) is 1.61. The third kappa shape index (κ3) is 10.3. The quantitative estimate of drug-likeness (QED) is 0.409. The van der Waals surface area contributed by atoms with E-state index in [9.17, 15) is 9.59 Å². The minimum absolute atomic E-state index is 0. The molecule has 0 aliphatic carbocycles. The fraction of sp³-hybridized carbons (Fsp3) is 0.800. The van der Waals surface area contributed by atoms with E-state index in [0.717, 1.165) is 12.8 Å². The summed E-state index contributed by atoms with van der Waals surface area (Å²) in [6.45, 7) is 5.60. The van der Waals surface area contributed by atoms with Crippen molar-refractivity contribution in [1.29, 1.82) is 0 Å². The van der Waals surface area contributed by atoms with Crippen molar-refractivity contribution in [2.75, 3.05) is 0 Å². The molecule has 1 atom stereocenters. The summed E-state index contributed by atoms with van der Waals surface area (Å²) >= 11 is 0. The summed E-state index contributed by atoms with van der Waals surface area (Å²) in [7, 11) is 0. The van der Waals surface area contributed by atoms with Crippen LogP contribution in [0.4, 0.5) is 0 Å². The van der Waals surface area contributed by atoms with Gasteiger partial charge in [-0.3, -0.25) is 9.68 Å².